The number of imidazole rings is 1. The average molecular weight is 565 g/mol. The lowest BCUT2D eigenvalue weighted by Gasteiger charge is -2.26. The average Bonchev–Trinajstić information content (AvgIpc) is 3.23. The van der Waals surface area contributed by atoms with Crippen molar-refractivity contribution < 1.29 is 23.8 Å². The van der Waals surface area contributed by atoms with E-state index >= 15 is 0 Å². The van der Waals surface area contributed by atoms with Gasteiger partial charge in [0.1, 0.15) is 11.7 Å². The third-order valence-corrected chi connectivity index (χ3v) is 10.7. The number of guanidine groups is 1. The summed E-state index contributed by atoms with van der Waals surface area (Å²) in [4.78, 5) is 46.8. The second-order valence-corrected chi connectivity index (χ2v) is 14.4. The Morgan fingerprint density at radius 1 is 1.11 bits per heavy atom. The first-order valence-corrected chi connectivity index (χ1v) is 16.0. The first kappa shape index (κ1) is 28.2. The number of nitrogens with zero attached hydrogens (tertiary/aromatic N) is 5. The summed E-state index contributed by atoms with van der Waals surface area (Å²) in [6.45, 7) is 4.09. The SMILES string of the molecule is CC(C)n1cnc2c(Nc3ccc(P(=O)(O)CP(=O)(O)O)cc3)nc(CC3CCC(N=C(N)N)CC3)nc21. The van der Waals surface area contributed by atoms with Gasteiger partial charge in [-0.05, 0) is 69.7 Å². The van der Waals surface area contributed by atoms with Crippen molar-refractivity contribution in [1.82, 2.24) is 19.5 Å². The van der Waals surface area contributed by atoms with Gasteiger partial charge in [0.25, 0.3) is 0 Å². The molecule has 0 aliphatic heterocycles. The lowest BCUT2D eigenvalue weighted by atomic mass is 9.84. The van der Waals surface area contributed by atoms with Gasteiger partial charge in [0.15, 0.2) is 22.9 Å². The van der Waals surface area contributed by atoms with E-state index in [0.717, 1.165) is 25.7 Å². The molecule has 206 valence electrons. The van der Waals surface area contributed by atoms with Crippen LogP contribution in [-0.2, 0) is 15.6 Å². The van der Waals surface area contributed by atoms with Crippen LogP contribution in [0.1, 0.15) is 51.4 Å². The third-order valence-electron chi connectivity index (χ3n) is 6.55. The fourth-order valence-electron chi connectivity index (χ4n) is 4.71. The summed E-state index contributed by atoms with van der Waals surface area (Å²) in [7, 11) is -8.87. The molecule has 1 aliphatic rings. The van der Waals surface area contributed by atoms with E-state index in [1.165, 1.54) is 12.1 Å². The van der Waals surface area contributed by atoms with Gasteiger partial charge in [0, 0.05) is 23.5 Å². The smallest absolute Gasteiger partial charge is 0.335 e. The highest BCUT2D eigenvalue weighted by Crippen LogP contribution is 2.53. The zero-order valence-corrected chi connectivity index (χ0v) is 23.1. The molecule has 1 aliphatic carbocycles. The first-order chi connectivity index (χ1) is 17.8. The van der Waals surface area contributed by atoms with E-state index in [4.69, 9.17) is 31.2 Å². The van der Waals surface area contributed by atoms with Crippen LogP contribution in [-0.4, -0.2) is 52.1 Å². The number of aromatic nitrogens is 4. The minimum absolute atomic E-state index is 0.0414. The van der Waals surface area contributed by atoms with Crippen LogP contribution in [0.4, 0.5) is 11.5 Å². The third kappa shape index (κ3) is 6.98. The summed E-state index contributed by atoms with van der Waals surface area (Å²) >= 11 is 0. The van der Waals surface area contributed by atoms with Crippen molar-refractivity contribution in [1.29, 1.82) is 0 Å². The molecule has 1 fully saturated rings. The van der Waals surface area contributed by atoms with E-state index in [1.807, 2.05) is 18.4 Å². The molecule has 0 radical (unpaired) electrons. The summed E-state index contributed by atoms with van der Waals surface area (Å²) in [6.07, 6.45) is 6.16. The lowest BCUT2D eigenvalue weighted by Crippen LogP contribution is -2.28. The second kappa shape index (κ2) is 11.1. The van der Waals surface area contributed by atoms with E-state index in [-0.39, 0.29) is 23.3 Å². The zero-order chi connectivity index (χ0) is 27.7. The summed E-state index contributed by atoms with van der Waals surface area (Å²) in [5.74, 6) is 0.604. The molecule has 0 bridgehead atoms. The number of aliphatic imine (C=N–C) groups is 1. The van der Waals surface area contributed by atoms with Crippen molar-refractivity contribution >= 4 is 48.9 Å². The Bertz CT molecular complexity index is 1410. The standard InChI is InChI=1S/C23H34N8O5P2/c1-14(2)31-12-26-20-21(27-16-7-9-18(10-8-16)37(32,33)13-38(34,35)36)29-19(30-22(20)31)11-15-3-5-17(6-4-15)28-23(24)25/h7-10,12,14-15,17H,3-6,11,13H2,1-2H3,(H,32,33)(H4,24,25,28)(H,27,29,30)(H2,34,35,36). The molecular formula is C23H34N8O5P2. The Morgan fingerprint density at radius 3 is 2.34 bits per heavy atom. The topological polar surface area (TPSA) is 215 Å². The van der Waals surface area contributed by atoms with Crippen molar-refractivity contribution in [2.45, 2.75) is 58.0 Å². The fourth-order valence-corrected chi connectivity index (χ4v) is 7.98. The maximum atomic E-state index is 12.4. The molecule has 38 heavy (non-hydrogen) atoms. The minimum atomic E-state index is -4.66. The molecule has 1 aromatic carbocycles. The predicted octanol–water partition coefficient (Wildman–Crippen LogP) is 2.56. The summed E-state index contributed by atoms with van der Waals surface area (Å²) in [5, 5.41) is 3.19. The maximum Gasteiger partial charge on any atom is 0.335 e. The van der Waals surface area contributed by atoms with Crippen LogP contribution in [0, 0.1) is 5.92 Å². The highest BCUT2D eigenvalue weighted by molar-refractivity contribution is 7.77. The fraction of sp³-hybridized carbons (Fsp3) is 0.478. The molecule has 13 nitrogen and oxygen atoms in total. The second-order valence-electron chi connectivity index (χ2n) is 10.0. The van der Waals surface area contributed by atoms with Gasteiger partial charge in [0.05, 0.1) is 12.4 Å². The molecule has 0 saturated heterocycles. The number of fused-ring (bicyclic) bond motifs is 1. The minimum Gasteiger partial charge on any atom is -0.370 e. The normalized spacial score (nSPS) is 19.8. The number of anilines is 2. The van der Waals surface area contributed by atoms with Gasteiger partial charge in [-0.1, -0.05) is 0 Å². The van der Waals surface area contributed by atoms with Gasteiger partial charge < -0.3 is 36.0 Å². The molecule has 3 aromatic rings. The molecular weight excluding hydrogens is 530 g/mol. The van der Waals surface area contributed by atoms with Crippen LogP contribution < -0.4 is 22.1 Å². The van der Waals surface area contributed by atoms with Gasteiger partial charge in [0.2, 0.25) is 7.37 Å². The Labute approximate surface area is 220 Å². The van der Waals surface area contributed by atoms with E-state index in [2.05, 4.69) is 15.3 Å². The van der Waals surface area contributed by atoms with E-state index in [0.29, 0.717) is 40.8 Å². The van der Waals surface area contributed by atoms with Crippen LogP contribution in [0.15, 0.2) is 35.6 Å². The monoisotopic (exact) mass is 564 g/mol. The van der Waals surface area contributed by atoms with Gasteiger partial charge in [-0.3, -0.25) is 14.1 Å². The molecule has 1 atom stereocenters. The van der Waals surface area contributed by atoms with Crippen LogP contribution >= 0.6 is 15.0 Å². The van der Waals surface area contributed by atoms with E-state index < -0.39 is 20.9 Å². The molecule has 2 heterocycles. The Balaban J connectivity index is 1.58. The van der Waals surface area contributed by atoms with Gasteiger partial charge in [-0.25, -0.2) is 15.0 Å². The molecule has 15 heteroatoms. The van der Waals surface area contributed by atoms with Crippen molar-refractivity contribution in [3.8, 4) is 0 Å². The summed E-state index contributed by atoms with van der Waals surface area (Å²) in [6, 6.07) is 6.17. The quantitative estimate of drug-likeness (QED) is 0.126. The predicted molar refractivity (Wildman–Crippen MR) is 147 cm³/mol. The Morgan fingerprint density at radius 2 is 1.76 bits per heavy atom. The largest absolute Gasteiger partial charge is 0.370 e. The highest BCUT2D eigenvalue weighted by atomic mass is 31.2. The number of hydrogen-bond acceptors (Lipinski definition) is 7. The lowest BCUT2D eigenvalue weighted by molar-refractivity contribution is 0.322. The van der Waals surface area contributed by atoms with E-state index in [1.54, 1.807) is 18.5 Å². The van der Waals surface area contributed by atoms with Crippen LogP contribution in [0.3, 0.4) is 0 Å². The number of benzene rings is 1. The van der Waals surface area contributed by atoms with Crippen LogP contribution in [0.5, 0.6) is 0 Å². The van der Waals surface area contributed by atoms with Crippen LogP contribution in [0.25, 0.3) is 11.2 Å². The zero-order valence-electron chi connectivity index (χ0n) is 21.3. The van der Waals surface area contributed by atoms with Gasteiger partial charge in [-0.15, -0.1) is 0 Å². The number of nitrogens with one attached hydrogen (secondary N) is 1. The molecule has 8 N–H and O–H groups in total. The van der Waals surface area contributed by atoms with E-state index in [9.17, 15) is 14.0 Å². The van der Waals surface area contributed by atoms with Crippen molar-refractivity contribution in [2.75, 3.05) is 11.2 Å². The molecule has 0 amide bonds. The van der Waals surface area contributed by atoms with Crippen LogP contribution in [0.2, 0.25) is 0 Å². The first-order valence-electron chi connectivity index (χ1n) is 12.4. The molecule has 1 unspecified atom stereocenters. The molecule has 2 aromatic heterocycles. The molecule has 1 saturated carbocycles. The molecule has 0 spiro atoms. The number of nitrogens with two attached hydrogens (primary N) is 2. The Hall–Kier alpha value is -2.82. The summed E-state index contributed by atoms with van der Waals surface area (Å²) in [5.41, 5.74) is 12.9. The van der Waals surface area contributed by atoms with Gasteiger partial charge >= 0.3 is 7.60 Å². The summed E-state index contributed by atoms with van der Waals surface area (Å²) < 4.78 is 25.7. The maximum absolute atomic E-state index is 12.4. The highest BCUT2D eigenvalue weighted by Gasteiger charge is 2.31. The molecule has 4 rings (SSSR count). The number of hydrogen-bond donors (Lipinski definition) is 6. The van der Waals surface area contributed by atoms with Crippen molar-refractivity contribution in [2.24, 2.45) is 22.4 Å². The van der Waals surface area contributed by atoms with Gasteiger partial charge in [-0.2, -0.15) is 0 Å². The number of rotatable bonds is 9. The van der Waals surface area contributed by atoms with Crippen molar-refractivity contribution in [3.05, 3.63) is 36.4 Å². The Kier molecular flexibility index (Phi) is 8.25. The van der Waals surface area contributed by atoms with Crippen molar-refractivity contribution in [3.63, 3.8) is 0 Å².